The molecule has 1 aliphatic heterocycles. The minimum atomic E-state index is -3.44. The molecule has 10 heteroatoms. The highest BCUT2D eigenvalue weighted by Gasteiger charge is 2.25. The van der Waals surface area contributed by atoms with E-state index in [9.17, 15) is 8.42 Å². The van der Waals surface area contributed by atoms with E-state index in [-0.39, 0.29) is 0 Å². The number of hydrogen-bond acceptors (Lipinski definition) is 8. The Kier molecular flexibility index (Phi) is 7.26. The maximum absolute atomic E-state index is 12.8. The van der Waals surface area contributed by atoms with Crippen molar-refractivity contribution in [3.05, 3.63) is 53.4 Å². The zero-order valence-corrected chi connectivity index (χ0v) is 20.2. The summed E-state index contributed by atoms with van der Waals surface area (Å²) >= 11 is 1.42. The molecule has 0 spiro atoms. The predicted octanol–water partition coefficient (Wildman–Crippen LogP) is 4.45. The number of thiazole rings is 1. The fourth-order valence-electron chi connectivity index (χ4n) is 3.60. The number of benzene rings is 2. The lowest BCUT2D eigenvalue weighted by Gasteiger charge is -2.25. The van der Waals surface area contributed by atoms with Crippen LogP contribution in [0.1, 0.15) is 24.8 Å². The van der Waals surface area contributed by atoms with Crippen molar-refractivity contribution in [3.63, 3.8) is 0 Å². The molecule has 1 N–H and O–H groups in total. The average Bonchev–Trinajstić information content (AvgIpc) is 3.33. The molecule has 0 amide bonds. The lowest BCUT2D eigenvalue weighted by Crippen LogP contribution is -2.35. The average molecular weight is 487 g/mol. The van der Waals surface area contributed by atoms with Crippen LogP contribution in [-0.4, -0.2) is 51.2 Å². The second-order valence-electron chi connectivity index (χ2n) is 7.51. The SMILES string of the molecule is COc1ccc(C=NNc2nc(-c3ccc(S(=O)(=O)N4CCCCC4)cc3)cs2)cc1OC. The van der Waals surface area contributed by atoms with Crippen LogP contribution in [0.25, 0.3) is 11.3 Å². The third-order valence-corrected chi connectivity index (χ3v) is 8.05. The van der Waals surface area contributed by atoms with Crippen molar-refractivity contribution in [1.82, 2.24) is 9.29 Å². The van der Waals surface area contributed by atoms with E-state index in [1.807, 2.05) is 23.6 Å². The van der Waals surface area contributed by atoms with Crippen molar-refractivity contribution >= 4 is 32.7 Å². The summed E-state index contributed by atoms with van der Waals surface area (Å²) in [7, 11) is -0.258. The Morgan fingerprint density at radius 1 is 1.03 bits per heavy atom. The van der Waals surface area contributed by atoms with Gasteiger partial charge in [-0.2, -0.15) is 9.41 Å². The number of piperidine rings is 1. The van der Waals surface area contributed by atoms with E-state index in [1.54, 1.807) is 49.0 Å². The van der Waals surface area contributed by atoms with E-state index < -0.39 is 10.0 Å². The minimum Gasteiger partial charge on any atom is -0.493 e. The van der Waals surface area contributed by atoms with Crippen LogP contribution in [0.4, 0.5) is 5.13 Å². The fraction of sp³-hybridized carbons (Fsp3) is 0.304. The van der Waals surface area contributed by atoms with Gasteiger partial charge < -0.3 is 9.47 Å². The normalized spacial score (nSPS) is 15.0. The maximum atomic E-state index is 12.8. The number of methoxy groups -OCH3 is 2. The Labute approximate surface area is 197 Å². The Hall–Kier alpha value is -2.95. The highest BCUT2D eigenvalue weighted by molar-refractivity contribution is 7.89. The second-order valence-corrected chi connectivity index (χ2v) is 10.3. The summed E-state index contributed by atoms with van der Waals surface area (Å²) in [5.74, 6) is 1.28. The van der Waals surface area contributed by atoms with Crippen LogP contribution in [0, 0.1) is 0 Å². The Morgan fingerprint density at radius 3 is 2.45 bits per heavy atom. The molecule has 0 atom stereocenters. The van der Waals surface area contributed by atoms with E-state index in [1.165, 1.54) is 11.3 Å². The van der Waals surface area contributed by atoms with Crippen molar-refractivity contribution in [3.8, 4) is 22.8 Å². The number of nitrogens with zero attached hydrogens (tertiary/aromatic N) is 3. The number of hydrazone groups is 1. The third-order valence-electron chi connectivity index (χ3n) is 5.39. The molecule has 2 heterocycles. The molecule has 0 radical (unpaired) electrons. The van der Waals surface area contributed by atoms with Gasteiger partial charge in [0, 0.05) is 24.0 Å². The van der Waals surface area contributed by atoms with Gasteiger partial charge >= 0.3 is 0 Å². The molecule has 0 saturated carbocycles. The maximum Gasteiger partial charge on any atom is 0.243 e. The molecule has 3 aromatic rings. The first-order chi connectivity index (χ1) is 16.0. The van der Waals surface area contributed by atoms with Crippen molar-refractivity contribution in [1.29, 1.82) is 0 Å². The Balaban J connectivity index is 1.41. The van der Waals surface area contributed by atoms with Gasteiger partial charge in [-0.1, -0.05) is 18.6 Å². The summed E-state index contributed by atoms with van der Waals surface area (Å²) in [6.07, 6.45) is 4.59. The van der Waals surface area contributed by atoms with Crippen molar-refractivity contribution in [2.75, 3.05) is 32.7 Å². The summed E-state index contributed by atoms with van der Waals surface area (Å²) in [5.41, 5.74) is 5.38. The monoisotopic (exact) mass is 486 g/mol. The summed E-state index contributed by atoms with van der Waals surface area (Å²) in [5, 5.41) is 6.78. The summed E-state index contributed by atoms with van der Waals surface area (Å²) < 4.78 is 37.8. The number of aromatic nitrogens is 1. The number of sulfonamides is 1. The van der Waals surface area contributed by atoms with Gasteiger partial charge in [0.05, 0.1) is 31.0 Å². The molecular formula is C23H26N4O4S2. The van der Waals surface area contributed by atoms with Gasteiger partial charge in [0.2, 0.25) is 15.2 Å². The zero-order chi connectivity index (χ0) is 23.3. The van der Waals surface area contributed by atoms with Crippen LogP contribution in [0.15, 0.2) is 57.8 Å². The lowest BCUT2D eigenvalue weighted by atomic mass is 10.2. The highest BCUT2D eigenvalue weighted by Crippen LogP contribution is 2.28. The molecule has 2 aromatic carbocycles. The molecule has 4 rings (SSSR count). The molecular weight excluding hydrogens is 460 g/mol. The second kappa shape index (κ2) is 10.3. The van der Waals surface area contributed by atoms with Crippen LogP contribution < -0.4 is 14.9 Å². The number of nitrogens with one attached hydrogen (secondary N) is 1. The Morgan fingerprint density at radius 2 is 1.76 bits per heavy atom. The van der Waals surface area contributed by atoms with Gasteiger partial charge in [-0.25, -0.2) is 13.4 Å². The van der Waals surface area contributed by atoms with E-state index in [0.717, 1.165) is 36.1 Å². The van der Waals surface area contributed by atoms with Gasteiger partial charge in [0.25, 0.3) is 0 Å². The first-order valence-corrected chi connectivity index (χ1v) is 12.9. The third kappa shape index (κ3) is 5.35. The molecule has 33 heavy (non-hydrogen) atoms. The summed E-state index contributed by atoms with van der Waals surface area (Å²) in [6, 6.07) is 12.4. The molecule has 1 aromatic heterocycles. The van der Waals surface area contributed by atoms with Crippen LogP contribution >= 0.6 is 11.3 Å². The molecule has 8 nitrogen and oxygen atoms in total. The van der Waals surface area contributed by atoms with Crippen molar-refractivity contribution < 1.29 is 17.9 Å². The van der Waals surface area contributed by atoms with Gasteiger partial charge in [-0.3, -0.25) is 5.43 Å². The van der Waals surface area contributed by atoms with Gasteiger partial charge in [0.1, 0.15) is 0 Å². The standard InChI is InChI=1S/C23H26N4O4S2/c1-30-21-11-6-17(14-22(21)31-2)15-24-26-23-25-20(16-32-23)18-7-9-19(10-8-18)33(28,29)27-12-4-3-5-13-27/h6-11,14-16H,3-5,12-13H2,1-2H3,(H,25,26). The van der Waals surface area contributed by atoms with Crippen LogP contribution in [0.3, 0.4) is 0 Å². The first-order valence-electron chi connectivity index (χ1n) is 10.6. The van der Waals surface area contributed by atoms with Gasteiger partial charge in [-0.15, -0.1) is 11.3 Å². The van der Waals surface area contributed by atoms with Crippen LogP contribution in [0.5, 0.6) is 11.5 Å². The summed E-state index contributed by atoms with van der Waals surface area (Å²) in [6.45, 7) is 1.18. The van der Waals surface area contributed by atoms with E-state index in [2.05, 4.69) is 15.5 Å². The highest BCUT2D eigenvalue weighted by atomic mass is 32.2. The first kappa shape index (κ1) is 23.2. The molecule has 1 fully saturated rings. The molecule has 0 unspecified atom stereocenters. The number of rotatable bonds is 8. The quantitative estimate of drug-likeness (QED) is 0.374. The van der Waals surface area contributed by atoms with Crippen LogP contribution in [0.2, 0.25) is 0 Å². The topological polar surface area (TPSA) is 93.1 Å². The van der Waals surface area contributed by atoms with Crippen molar-refractivity contribution in [2.24, 2.45) is 5.10 Å². The molecule has 1 saturated heterocycles. The molecule has 0 bridgehead atoms. The molecule has 1 aliphatic rings. The van der Waals surface area contributed by atoms with E-state index in [0.29, 0.717) is 34.6 Å². The molecule has 174 valence electrons. The minimum absolute atomic E-state index is 0.321. The number of anilines is 1. The molecule has 0 aliphatic carbocycles. The summed E-state index contributed by atoms with van der Waals surface area (Å²) in [4.78, 5) is 4.86. The van der Waals surface area contributed by atoms with E-state index in [4.69, 9.17) is 9.47 Å². The van der Waals surface area contributed by atoms with Gasteiger partial charge in [0.15, 0.2) is 11.5 Å². The van der Waals surface area contributed by atoms with Crippen LogP contribution in [-0.2, 0) is 10.0 Å². The fourth-order valence-corrected chi connectivity index (χ4v) is 5.79. The predicted molar refractivity (Wildman–Crippen MR) is 131 cm³/mol. The number of ether oxygens (including phenoxy) is 2. The smallest absolute Gasteiger partial charge is 0.243 e. The Bertz CT molecular complexity index is 1220. The largest absolute Gasteiger partial charge is 0.493 e. The zero-order valence-electron chi connectivity index (χ0n) is 18.5. The number of hydrogen-bond donors (Lipinski definition) is 1. The van der Waals surface area contributed by atoms with Crippen molar-refractivity contribution in [2.45, 2.75) is 24.2 Å². The van der Waals surface area contributed by atoms with Gasteiger partial charge in [-0.05, 0) is 48.7 Å². The lowest BCUT2D eigenvalue weighted by molar-refractivity contribution is 0.346. The van der Waals surface area contributed by atoms with E-state index >= 15 is 0 Å².